The minimum Gasteiger partial charge on any atom is -0.284 e. The minimum absolute atomic E-state index is 0.306. The maximum atomic E-state index is 11.7. The Balaban J connectivity index is 3.56. The summed E-state index contributed by atoms with van der Waals surface area (Å²) in [5.41, 5.74) is 0. The molecule has 0 aromatic carbocycles. The summed E-state index contributed by atoms with van der Waals surface area (Å²) in [5, 5.41) is 6.59. The standard InChI is InChI=1S/C4H7FN2/c1-3(5)4(6)7-2/h3,6H,2H2,1H3. The number of nitrogens with zero attached hydrogens (tertiary/aromatic N) is 1. The fourth-order valence-corrected chi connectivity index (χ4v) is 0.126. The third-order valence-corrected chi connectivity index (χ3v) is 0.547. The maximum absolute atomic E-state index is 11.7. The lowest BCUT2D eigenvalue weighted by Gasteiger charge is -1.92. The van der Waals surface area contributed by atoms with E-state index in [9.17, 15) is 4.39 Å². The Morgan fingerprint density at radius 2 is 2.43 bits per heavy atom. The van der Waals surface area contributed by atoms with Crippen LogP contribution in [-0.4, -0.2) is 18.7 Å². The van der Waals surface area contributed by atoms with E-state index in [-0.39, 0.29) is 5.84 Å². The Kier molecular flexibility index (Phi) is 2.19. The van der Waals surface area contributed by atoms with Gasteiger partial charge in [0.2, 0.25) is 0 Å². The molecule has 0 aliphatic rings. The van der Waals surface area contributed by atoms with E-state index in [1.807, 2.05) is 0 Å². The van der Waals surface area contributed by atoms with Crippen LogP contribution in [0.15, 0.2) is 4.99 Å². The third kappa shape index (κ3) is 2.03. The first-order chi connectivity index (χ1) is 3.18. The molecule has 40 valence electrons. The van der Waals surface area contributed by atoms with Gasteiger partial charge < -0.3 is 0 Å². The van der Waals surface area contributed by atoms with Gasteiger partial charge in [-0.05, 0) is 13.6 Å². The highest BCUT2D eigenvalue weighted by Crippen LogP contribution is 1.89. The molecule has 1 N–H and O–H groups in total. The van der Waals surface area contributed by atoms with Crippen molar-refractivity contribution in [3.05, 3.63) is 0 Å². The van der Waals surface area contributed by atoms with E-state index in [4.69, 9.17) is 5.41 Å². The lowest BCUT2D eigenvalue weighted by atomic mass is 10.4. The number of halogens is 1. The van der Waals surface area contributed by atoms with Crippen molar-refractivity contribution in [2.45, 2.75) is 13.1 Å². The molecule has 1 unspecified atom stereocenters. The van der Waals surface area contributed by atoms with Gasteiger partial charge >= 0.3 is 0 Å². The predicted molar refractivity (Wildman–Crippen MR) is 27.8 cm³/mol. The molecule has 0 rings (SSSR count). The summed E-state index contributed by atoms with van der Waals surface area (Å²) < 4.78 is 11.7. The second-order valence-electron chi connectivity index (χ2n) is 1.16. The van der Waals surface area contributed by atoms with Crippen LogP contribution in [0.2, 0.25) is 0 Å². The number of nitrogens with one attached hydrogen (secondary N) is 1. The number of amidine groups is 1. The molecule has 1 atom stereocenters. The molecule has 0 saturated carbocycles. The largest absolute Gasteiger partial charge is 0.284 e. The second-order valence-corrected chi connectivity index (χ2v) is 1.16. The van der Waals surface area contributed by atoms with Gasteiger partial charge in [0, 0.05) is 0 Å². The predicted octanol–water partition coefficient (Wildman–Crippen LogP) is 1.02. The van der Waals surface area contributed by atoms with Crippen LogP contribution in [0, 0.1) is 5.41 Å². The molecule has 2 nitrogen and oxygen atoms in total. The van der Waals surface area contributed by atoms with Crippen LogP contribution in [0.5, 0.6) is 0 Å². The van der Waals surface area contributed by atoms with Crippen LogP contribution in [0.1, 0.15) is 6.92 Å². The number of hydrogen-bond donors (Lipinski definition) is 1. The first-order valence-electron chi connectivity index (χ1n) is 1.87. The van der Waals surface area contributed by atoms with E-state index >= 15 is 0 Å². The summed E-state index contributed by atoms with van der Waals surface area (Å²) in [4.78, 5) is 3.05. The van der Waals surface area contributed by atoms with Crippen LogP contribution < -0.4 is 0 Å². The first-order valence-corrected chi connectivity index (χ1v) is 1.87. The molecular formula is C4H7FN2. The van der Waals surface area contributed by atoms with Gasteiger partial charge in [0.05, 0.1) is 0 Å². The summed E-state index contributed by atoms with van der Waals surface area (Å²) in [6.45, 7) is 4.21. The van der Waals surface area contributed by atoms with Crippen molar-refractivity contribution in [1.82, 2.24) is 0 Å². The van der Waals surface area contributed by atoms with Crippen molar-refractivity contribution < 1.29 is 4.39 Å². The van der Waals surface area contributed by atoms with Crippen LogP contribution in [0.25, 0.3) is 0 Å². The highest BCUT2D eigenvalue weighted by Gasteiger charge is 2.00. The normalized spacial score (nSPS) is 12.9. The molecule has 0 saturated heterocycles. The maximum Gasteiger partial charge on any atom is 0.156 e. The Morgan fingerprint density at radius 1 is 2.00 bits per heavy atom. The minimum atomic E-state index is -1.28. The monoisotopic (exact) mass is 102 g/mol. The van der Waals surface area contributed by atoms with Crippen molar-refractivity contribution in [2.24, 2.45) is 4.99 Å². The van der Waals surface area contributed by atoms with Gasteiger partial charge in [0.25, 0.3) is 0 Å². The van der Waals surface area contributed by atoms with Gasteiger partial charge in [-0.2, -0.15) is 0 Å². The summed E-state index contributed by atoms with van der Waals surface area (Å²) in [5.74, 6) is -0.306. The van der Waals surface area contributed by atoms with E-state index in [1.54, 1.807) is 0 Å². The van der Waals surface area contributed by atoms with E-state index in [0.29, 0.717) is 0 Å². The van der Waals surface area contributed by atoms with E-state index < -0.39 is 6.17 Å². The SMILES string of the molecule is C=NC(=N)C(C)F. The van der Waals surface area contributed by atoms with Crippen molar-refractivity contribution >= 4 is 12.6 Å². The number of aliphatic imine (C=N–C) groups is 1. The zero-order valence-corrected chi connectivity index (χ0v) is 4.11. The van der Waals surface area contributed by atoms with Crippen LogP contribution >= 0.6 is 0 Å². The smallest absolute Gasteiger partial charge is 0.156 e. The summed E-state index contributed by atoms with van der Waals surface area (Å²) in [7, 11) is 0. The number of rotatable bonds is 1. The molecule has 0 radical (unpaired) electrons. The van der Waals surface area contributed by atoms with E-state index in [2.05, 4.69) is 11.7 Å². The topological polar surface area (TPSA) is 36.2 Å². The average molecular weight is 102 g/mol. The molecule has 0 aliphatic carbocycles. The van der Waals surface area contributed by atoms with Gasteiger partial charge in [-0.3, -0.25) is 5.41 Å². The van der Waals surface area contributed by atoms with Crippen molar-refractivity contribution in [1.29, 1.82) is 5.41 Å². The summed E-state index contributed by atoms with van der Waals surface area (Å²) in [6.07, 6.45) is -1.28. The Labute approximate surface area is 41.6 Å². The Bertz CT molecular complexity index is 87.7. The fraction of sp³-hybridized carbons (Fsp3) is 0.500. The van der Waals surface area contributed by atoms with Crippen molar-refractivity contribution in [3.63, 3.8) is 0 Å². The van der Waals surface area contributed by atoms with Gasteiger partial charge in [0.15, 0.2) is 12.0 Å². The molecule has 7 heavy (non-hydrogen) atoms. The molecule has 3 heteroatoms. The lowest BCUT2D eigenvalue weighted by molar-refractivity contribution is 0.450. The molecule has 0 aromatic heterocycles. The quantitative estimate of drug-likeness (QED) is 0.379. The van der Waals surface area contributed by atoms with Crippen molar-refractivity contribution in [2.75, 3.05) is 0 Å². The molecule has 0 aromatic rings. The molecule has 0 amide bonds. The van der Waals surface area contributed by atoms with Gasteiger partial charge in [-0.25, -0.2) is 9.38 Å². The summed E-state index contributed by atoms with van der Waals surface area (Å²) in [6, 6.07) is 0. The first kappa shape index (κ1) is 6.27. The molecule has 0 aliphatic heterocycles. The van der Waals surface area contributed by atoms with E-state index in [1.165, 1.54) is 6.92 Å². The Hall–Kier alpha value is -0.730. The zero-order chi connectivity index (χ0) is 5.86. The summed E-state index contributed by atoms with van der Waals surface area (Å²) >= 11 is 0. The van der Waals surface area contributed by atoms with Gasteiger partial charge in [0.1, 0.15) is 0 Å². The van der Waals surface area contributed by atoms with E-state index in [0.717, 1.165) is 0 Å². The van der Waals surface area contributed by atoms with Gasteiger partial charge in [-0.1, -0.05) is 0 Å². The molecule has 0 spiro atoms. The van der Waals surface area contributed by atoms with Crippen molar-refractivity contribution in [3.8, 4) is 0 Å². The highest BCUT2D eigenvalue weighted by molar-refractivity contribution is 5.86. The van der Waals surface area contributed by atoms with Crippen LogP contribution in [-0.2, 0) is 0 Å². The highest BCUT2D eigenvalue weighted by atomic mass is 19.1. The zero-order valence-electron chi connectivity index (χ0n) is 4.11. The second kappa shape index (κ2) is 2.44. The lowest BCUT2D eigenvalue weighted by Crippen LogP contribution is -2.05. The van der Waals surface area contributed by atoms with Crippen LogP contribution in [0.4, 0.5) is 4.39 Å². The van der Waals surface area contributed by atoms with Crippen LogP contribution in [0.3, 0.4) is 0 Å². The number of alkyl halides is 1. The van der Waals surface area contributed by atoms with Gasteiger partial charge in [-0.15, -0.1) is 0 Å². The number of hydrogen-bond acceptors (Lipinski definition) is 1. The fourth-order valence-electron chi connectivity index (χ4n) is 0.126. The average Bonchev–Trinajstić information content (AvgIpc) is 1.65. The molecule has 0 fully saturated rings. The molecule has 0 bridgehead atoms. The Morgan fingerprint density at radius 3 is 2.43 bits per heavy atom. The molecule has 0 heterocycles. The third-order valence-electron chi connectivity index (χ3n) is 0.547. The molecular weight excluding hydrogens is 95.1 g/mol.